The first-order valence-electron chi connectivity index (χ1n) is 6.07. The van der Waals surface area contributed by atoms with Crippen LogP contribution in [0.2, 0.25) is 0 Å². The molecule has 3 nitrogen and oxygen atoms in total. The Bertz CT molecular complexity index is 506. The number of carbonyl (C=O) groups is 1. The molecule has 0 saturated carbocycles. The summed E-state index contributed by atoms with van der Waals surface area (Å²) < 4.78 is 39.3. The lowest BCUT2D eigenvalue weighted by Crippen LogP contribution is -2.54. The van der Waals surface area contributed by atoms with Crippen molar-refractivity contribution in [1.82, 2.24) is 0 Å². The van der Waals surface area contributed by atoms with E-state index in [1.54, 1.807) is 0 Å². The minimum atomic E-state index is -4.55. The van der Waals surface area contributed by atoms with Gasteiger partial charge in [-0.3, -0.25) is 4.79 Å². The SMILES string of the molecule is CC(C)(N)C(C)(CC(=O)O)c1ccccc1C(F)(F)F. The third-order valence-electron chi connectivity index (χ3n) is 3.75. The molecule has 0 bridgehead atoms. The van der Waals surface area contributed by atoms with Crippen molar-refractivity contribution in [1.29, 1.82) is 0 Å². The maximum Gasteiger partial charge on any atom is 0.416 e. The van der Waals surface area contributed by atoms with Gasteiger partial charge in [-0.1, -0.05) is 25.1 Å². The predicted molar refractivity (Wildman–Crippen MR) is 69.3 cm³/mol. The first-order chi connectivity index (χ1) is 8.89. The molecule has 0 amide bonds. The lowest BCUT2D eigenvalue weighted by atomic mass is 9.65. The number of halogens is 3. The molecule has 1 aromatic carbocycles. The molecule has 20 heavy (non-hydrogen) atoms. The van der Waals surface area contributed by atoms with Crippen LogP contribution < -0.4 is 5.73 Å². The summed E-state index contributed by atoms with van der Waals surface area (Å²) in [6.45, 7) is 4.51. The van der Waals surface area contributed by atoms with Gasteiger partial charge in [-0.15, -0.1) is 0 Å². The van der Waals surface area contributed by atoms with E-state index in [0.29, 0.717) is 0 Å². The van der Waals surface area contributed by atoms with Crippen molar-refractivity contribution in [2.24, 2.45) is 5.73 Å². The lowest BCUT2D eigenvalue weighted by molar-refractivity contribution is -0.142. The summed E-state index contributed by atoms with van der Waals surface area (Å²) in [5.74, 6) is -1.19. The predicted octanol–water partition coefficient (Wildman–Crippen LogP) is 3.18. The molecule has 3 N–H and O–H groups in total. The highest BCUT2D eigenvalue weighted by Crippen LogP contribution is 2.43. The van der Waals surface area contributed by atoms with E-state index >= 15 is 0 Å². The van der Waals surface area contributed by atoms with Crippen molar-refractivity contribution in [2.75, 3.05) is 0 Å². The summed E-state index contributed by atoms with van der Waals surface area (Å²) in [4.78, 5) is 11.1. The lowest BCUT2D eigenvalue weighted by Gasteiger charge is -2.42. The third kappa shape index (κ3) is 3.12. The van der Waals surface area contributed by atoms with Gasteiger partial charge in [0.05, 0.1) is 12.0 Å². The molecular formula is C14H18F3NO2. The Morgan fingerprint density at radius 3 is 1.95 bits per heavy atom. The average Bonchev–Trinajstić information content (AvgIpc) is 2.25. The highest BCUT2D eigenvalue weighted by atomic mass is 19.4. The molecule has 1 atom stereocenters. The molecule has 0 saturated heterocycles. The van der Waals surface area contributed by atoms with Gasteiger partial charge in [0.1, 0.15) is 0 Å². The van der Waals surface area contributed by atoms with Crippen LogP contribution in [0.5, 0.6) is 0 Å². The molecule has 1 aromatic rings. The van der Waals surface area contributed by atoms with E-state index in [-0.39, 0.29) is 5.56 Å². The summed E-state index contributed by atoms with van der Waals surface area (Å²) in [5, 5.41) is 9.03. The second kappa shape index (κ2) is 5.09. The molecule has 6 heteroatoms. The number of benzene rings is 1. The van der Waals surface area contributed by atoms with Crippen molar-refractivity contribution < 1.29 is 23.1 Å². The van der Waals surface area contributed by atoms with Crippen LogP contribution in [-0.4, -0.2) is 16.6 Å². The molecule has 0 spiro atoms. The minimum absolute atomic E-state index is 0.0950. The van der Waals surface area contributed by atoms with E-state index < -0.39 is 35.1 Å². The number of hydrogen-bond donors (Lipinski definition) is 2. The molecule has 0 aliphatic rings. The van der Waals surface area contributed by atoms with Crippen LogP contribution >= 0.6 is 0 Å². The second-order valence-corrected chi connectivity index (χ2v) is 5.67. The van der Waals surface area contributed by atoms with Crippen molar-refractivity contribution in [3.8, 4) is 0 Å². The Hall–Kier alpha value is -1.56. The van der Waals surface area contributed by atoms with Crippen LogP contribution in [0.15, 0.2) is 24.3 Å². The van der Waals surface area contributed by atoms with Gasteiger partial charge in [0, 0.05) is 11.0 Å². The van der Waals surface area contributed by atoms with E-state index in [1.165, 1.54) is 39.0 Å². The van der Waals surface area contributed by atoms with Crippen LogP contribution in [0, 0.1) is 0 Å². The Morgan fingerprint density at radius 1 is 1.15 bits per heavy atom. The number of alkyl halides is 3. The maximum atomic E-state index is 13.1. The van der Waals surface area contributed by atoms with E-state index in [9.17, 15) is 18.0 Å². The Kier molecular flexibility index (Phi) is 4.20. The van der Waals surface area contributed by atoms with Gasteiger partial charge >= 0.3 is 12.1 Å². The van der Waals surface area contributed by atoms with Crippen LogP contribution in [0.25, 0.3) is 0 Å². The topological polar surface area (TPSA) is 63.3 Å². The van der Waals surface area contributed by atoms with E-state index in [1.807, 2.05) is 0 Å². The molecular weight excluding hydrogens is 271 g/mol. The van der Waals surface area contributed by atoms with Crippen molar-refractivity contribution in [3.63, 3.8) is 0 Å². The zero-order valence-electron chi connectivity index (χ0n) is 11.6. The van der Waals surface area contributed by atoms with Crippen LogP contribution in [0.1, 0.15) is 38.3 Å². The van der Waals surface area contributed by atoms with Crippen LogP contribution in [0.4, 0.5) is 13.2 Å². The number of aliphatic carboxylic acids is 1. The van der Waals surface area contributed by atoms with E-state index in [2.05, 4.69) is 0 Å². The molecule has 0 aliphatic heterocycles. The number of rotatable bonds is 4. The minimum Gasteiger partial charge on any atom is -0.481 e. The maximum absolute atomic E-state index is 13.1. The molecule has 1 unspecified atom stereocenters. The van der Waals surface area contributed by atoms with Gasteiger partial charge < -0.3 is 10.8 Å². The van der Waals surface area contributed by atoms with Crippen molar-refractivity contribution >= 4 is 5.97 Å². The monoisotopic (exact) mass is 289 g/mol. The normalized spacial score (nSPS) is 15.8. The molecule has 0 aliphatic carbocycles. The number of carboxylic acid groups (broad SMARTS) is 1. The van der Waals surface area contributed by atoms with Gasteiger partial charge in [0.15, 0.2) is 0 Å². The molecule has 1 rings (SSSR count). The summed E-state index contributed by atoms with van der Waals surface area (Å²) in [7, 11) is 0. The Labute approximate surface area is 115 Å². The number of carboxylic acids is 1. The fourth-order valence-corrected chi connectivity index (χ4v) is 2.18. The van der Waals surface area contributed by atoms with Crippen LogP contribution in [-0.2, 0) is 16.4 Å². The van der Waals surface area contributed by atoms with Crippen LogP contribution in [0.3, 0.4) is 0 Å². The van der Waals surface area contributed by atoms with Gasteiger partial charge in [0.25, 0.3) is 0 Å². The van der Waals surface area contributed by atoms with Crippen molar-refractivity contribution in [3.05, 3.63) is 35.4 Å². The average molecular weight is 289 g/mol. The van der Waals surface area contributed by atoms with Gasteiger partial charge in [-0.2, -0.15) is 13.2 Å². The fraction of sp³-hybridized carbons (Fsp3) is 0.500. The molecule has 0 radical (unpaired) electrons. The second-order valence-electron chi connectivity index (χ2n) is 5.67. The largest absolute Gasteiger partial charge is 0.481 e. The zero-order chi connectivity index (χ0) is 15.8. The molecule has 0 fully saturated rings. The standard InChI is InChI=1S/C14H18F3NO2/c1-12(2,18)13(3,8-11(19)20)9-6-4-5-7-10(9)14(15,16)17/h4-7H,8,18H2,1-3H3,(H,19,20). The first-order valence-corrected chi connectivity index (χ1v) is 6.07. The smallest absolute Gasteiger partial charge is 0.416 e. The summed E-state index contributed by atoms with van der Waals surface area (Å²) in [5.41, 5.74) is 2.56. The molecule has 0 heterocycles. The number of hydrogen-bond acceptors (Lipinski definition) is 2. The van der Waals surface area contributed by atoms with Gasteiger partial charge in [-0.05, 0) is 25.5 Å². The Morgan fingerprint density at radius 2 is 1.60 bits per heavy atom. The quantitative estimate of drug-likeness (QED) is 0.894. The fourth-order valence-electron chi connectivity index (χ4n) is 2.18. The van der Waals surface area contributed by atoms with E-state index in [0.717, 1.165) is 6.07 Å². The van der Waals surface area contributed by atoms with Crippen molar-refractivity contribution in [2.45, 2.75) is 44.3 Å². The molecule has 0 aromatic heterocycles. The summed E-state index contributed by atoms with van der Waals surface area (Å²) in [6, 6.07) is 4.97. The van der Waals surface area contributed by atoms with Gasteiger partial charge in [0.2, 0.25) is 0 Å². The summed E-state index contributed by atoms with van der Waals surface area (Å²) >= 11 is 0. The highest BCUT2D eigenvalue weighted by Gasteiger charge is 2.46. The number of nitrogens with two attached hydrogens (primary N) is 1. The summed E-state index contributed by atoms with van der Waals surface area (Å²) in [6.07, 6.45) is -5.04. The van der Waals surface area contributed by atoms with E-state index in [4.69, 9.17) is 10.8 Å². The highest BCUT2D eigenvalue weighted by molar-refractivity contribution is 5.70. The third-order valence-corrected chi connectivity index (χ3v) is 3.75. The van der Waals surface area contributed by atoms with Gasteiger partial charge in [-0.25, -0.2) is 0 Å². The molecule has 112 valence electrons. The Balaban J connectivity index is 3.55. The first kappa shape index (κ1) is 16.5. The zero-order valence-corrected chi connectivity index (χ0v) is 11.6.